The highest BCUT2D eigenvalue weighted by Gasteiger charge is 2.31. The Hall–Kier alpha value is -2.01. The van der Waals surface area contributed by atoms with E-state index in [1.807, 2.05) is 17.0 Å². The zero-order chi connectivity index (χ0) is 16.2. The van der Waals surface area contributed by atoms with Crippen molar-refractivity contribution in [3.8, 4) is 0 Å². The lowest BCUT2D eigenvalue weighted by Gasteiger charge is -2.20. The van der Waals surface area contributed by atoms with E-state index >= 15 is 0 Å². The quantitative estimate of drug-likeness (QED) is 0.735. The number of carbonyl (C=O) groups is 1. The summed E-state index contributed by atoms with van der Waals surface area (Å²) in [5.74, 6) is -0.437. The molecule has 0 aliphatic heterocycles. The van der Waals surface area contributed by atoms with Gasteiger partial charge in [0.2, 0.25) is 5.91 Å². The summed E-state index contributed by atoms with van der Waals surface area (Å²) in [4.78, 5) is 18.3. The lowest BCUT2D eigenvalue weighted by atomic mass is 10.2. The summed E-state index contributed by atoms with van der Waals surface area (Å²) in [6.45, 7) is 0.553. The molecule has 1 aliphatic rings. The minimum Gasteiger partial charge on any atom is -0.332 e. The van der Waals surface area contributed by atoms with E-state index in [1.54, 1.807) is 24.5 Å². The smallest absolute Gasteiger partial charge is 0.247 e. The second-order valence-corrected chi connectivity index (χ2v) is 6.47. The van der Waals surface area contributed by atoms with Gasteiger partial charge in [-0.2, -0.15) is 0 Å². The number of halogens is 2. The Morgan fingerprint density at radius 3 is 2.74 bits per heavy atom. The Balaban J connectivity index is 1.74. The molecule has 0 unspecified atom stereocenters. The van der Waals surface area contributed by atoms with Crippen molar-refractivity contribution in [2.24, 2.45) is 0 Å². The molecule has 1 aliphatic carbocycles. The van der Waals surface area contributed by atoms with Crippen LogP contribution >= 0.6 is 15.9 Å². The Morgan fingerprint density at radius 1 is 1.30 bits per heavy atom. The SMILES string of the molecule is O=C(/C=C/c1cc(Br)ccc1F)N(Cc1ccncc1)C1CC1. The molecule has 1 amide bonds. The van der Waals surface area contributed by atoms with Crippen molar-refractivity contribution in [2.45, 2.75) is 25.4 Å². The second kappa shape index (κ2) is 7.04. The third-order valence-electron chi connectivity index (χ3n) is 3.74. The molecule has 0 radical (unpaired) electrons. The maximum absolute atomic E-state index is 13.7. The van der Waals surface area contributed by atoms with E-state index in [1.165, 1.54) is 18.2 Å². The van der Waals surface area contributed by atoms with Crippen LogP contribution in [-0.2, 0) is 11.3 Å². The number of carbonyl (C=O) groups excluding carboxylic acids is 1. The van der Waals surface area contributed by atoms with Crippen LogP contribution < -0.4 is 0 Å². The van der Waals surface area contributed by atoms with E-state index in [2.05, 4.69) is 20.9 Å². The highest BCUT2D eigenvalue weighted by molar-refractivity contribution is 9.10. The van der Waals surface area contributed by atoms with Gasteiger partial charge in [0.1, 0.15) is 5.82 Å². The average molecular weight is 375 g/mol. The summed E-state index contributed by atoms with van der Waals surface area (Å²) < 4.78 is 14.5. The molecule has 0 atom stereocenters. The average Bonchev–Trinajstić information content (AvgIpc) is 3.39. The lowest BCUT2D eigenvalue weighted by Crippen LogP contribution is -2.31. The van der Waals surface area contributed by atoms with Gasteiger partial charge in [0.25, 0.3) is 0 Å². The molecule has 2 aromatic rings. The number of hydrogen-bond donors (Lipinski definition) is 0. The van der Waals surface area contributed by atoms with Crippen LogP contribution in [0.15, 0.2) is 53.3 Å². The van der Waals surface area contributed by atoms with E-state index in [-0.39, 0.29) is 17.8 Å². The van der Waals surface area contributed by atoms with Crippen molar-refractivity contribution >= 4 is 27.9 Å². The van der Waals surface area contributed by atoms with Gasteiger partial charge in [0.15, 0.2) is 0 Å². The minimum atomic E-state index is -0.343. The van der Waals surface area contributed by atoms with E-state index in [9.17, 15) is 9.18 Å². The monoisotopic (exact) mass is 374 g/mol. The molecule has 23 heavy (non-hydrogen) atoms. The number of nitrogens with zero attached hydrogens (tertiary/aromatic N) is 2. The van der Waals surface area contributed by atoms with Crippen molar-refractivity contribution in [1.82, 2.24) is 9.88 Å². The summed E-state index contributed by atoms with van der Waals surface area (Å²) in [7, 11) is 0. The Bertz CT molecular complexity index is 729. The van der Waals surface area contributed by atoms with Crippen molar-refractivity contribution in [3.05, 3.63) is 70.2 Å². The fraction of sp³-hybridized carbons (Fsp3) is 0.222. The van der Waals surface area contributed by atoms with Gasteiger partial charge in [0.05, 0.1) is 0 Å². The molecule has 1 heterocycles. The maximum atomic E-state index is 13.7. The van der Waals surface area contributed by atoms with Crippen LogP contribution in [0.4, 0.5) is 4.39 Å². The fourth-order valence-corrected chi connectivity index (χ4v) is 2.74. The van der Waals surface area contributed by atoms with Gasteiger partial charge < -0.3 is 4.90 Å². The first-order valence-corrected chi connectivity index (χ1v) is 8.25. The molecule has 0 bridgehead atoms. The summed E-state index contributed by atoms with van der Waals surface area (Å²) in [5, 5.41) is 0. The van der Waals surface area contributed by atoms with Gasteiger partial charge in [-0.25, -0.2) is 4.39 Å². The van der Waals surface area contributed by atoms with Crippen molar-refractivity contribution in [1.29, 1.82) is 0 Å². The molecular weight excluding hydrogens is 359 g/mol. The molecule has 5 heteroatoms. The molecule has 118 valence electrons. The first kappa shape index (κ1) is 15.9. The van der Waals surface area contributed by atoms with Crippen LogP contribution in [-0.4, -0.2) is 21.8 Å². The highest BCUT2D eigenvalue weighted by Crippen LogP contribution is 2.28. The molecule has 0 spiro atoms. The number of amides is 1. The van der Waals surface area contributed by atoms with Crippen LogP contribution in [0.3, 0.4) is 0 Å². The number of hydrogen-bond acceptors (Lipinski definition) is 2. The summed E-state index contributed by atoms with van der Waals surface area (Å²) in [5.41, 5.74) is 1.44. The lowest BCUT2D eigenvalue weighted by molar-refractivity contribution is -0.127. The Morgan fingerprint density at radius 2 is 2.04 bits per heavy atom. The van der Waals surface area contributed by atoms with Crippen LogP contribution in [0.25, 0.3) is 6.08 Å². The molecule has 1 saturated carbocycles. The number of pyridine rings is 1. The zero-order valence-corrected chi connectivity index (χ0v) is 14.0. The second-order valence-electron chi connectivity index (χ2n) is 5.55. The van der Waals surface area contributed by atoms with Gasteiger partial charge in [-0.15, -0.1) is 0 Å². The first-order chi connectivity index (χ1) is 11.1. The predicted molar refractivity (Wildman–Crippen MR) is 90.9 cm³/mol. The molecule has 0 saturated heterocycles. The summed E-state index contributed by atoms with van der Waals surface area (Å²) >= 11 is 3.31. The molecule has 1 fully saturated rings. The minimum absolute atomic E-state index is 0.0938. The molecule has 1 aromatic carbocycles. The van der Waals surface area contributed by atoms with Crippen LogP contribution in [0.1, 0.15) is 24.0 Å². The zero-order valence-electron chi connectivity index (χ0n) is 12.5. The predicted octanol–water partition coefficient (Wildman–Crippen LogP) is 4.19. The number of aromatic nitrogens is 1. The van der Waals surface area contributed by atoms with Gasteiger partial charge in [0, 0.05) is 41.1 Å². The highest BCUT2D eigenvalue weighted by atomic mass is 79.9. The molecule has 0 N–H and O–H groups in total. The normalized spacial score (nSPS) is 14.2. The van der Waals surface area contributed by atoms with Gasteiger partial charge >= 0.3 is 0 Å². The molecular formula is C18H16BrFN2O. The van der Waals surface area contributed by atoms with E-state index < -0.39 is 0 Å². The summed E-state index contributed by atoms with van der Waals surface area (Å²) in [6.07, 6.45) is 8.47. The van der Waals surface area contributed by atoms with Gasteiger partial charge in [-0.1, -0.05) is 15.9 Å². The molecule has 3 nitrogen and oxygen atoms in total. The van der Waals surface area contributed by atoms with Crippen LogP contribution in [0.2, 0.25) is 0 Å². The largest absolute Gasteiger partial charge is 0.332 e. The van der Waals surface area contributed by atoms with Crippen LogP contribution in [0, 0.1) is 5.82 Å². The molecule has 1 aromatic heterocycles. The Kier molecular flexibility index (Phi) is 4.86. The van der Waals surface area contributed by atoms with Crippen molar-refractivity contribution in [2.75, 3.05) is 0 Å². The van der Waals surface area contributed by atoms with Crippen molar-refractivity contribution < 1.29 is 9.18 Å². The van der Waals surface area contributed by atoms with E-state index in [0.29, 0.717) is 12.1 Å². The number of benzene rings is 1. The van der Waals surface area contributed by atoms with Gasteiger partial charge in [-0.3, -0.25) is 9.78 Å². The molecule has 3 rings (SSSR count). The summed E-state index contributed by atoms with van der Waals surface area (Å²) in [6, 6.07) is 8.76. The van der Waals surface area contributed by atoms with Gasteiger partial charge in [-0.05, 0) is 54.8 Å². The Labute approximate surface area is 143 Å². The third-order valence-corrected chi connectivity index (χ3v) is 4.23. The van der Waals surface area contributed by atoms with E-state index in [0.717, 1.165) is 22.9 Å². The topological polar surface area (TPSA) is 33.2 Å². The van der Waals surface area contributed by atoms with Crippen LogP contribution in [0.5, 0.6) is 0 Å². The third kappa shape index (κ3) is 4.26. The maximum Gasteiger partial charge on any atom is 0.247 e. The first-order valence-electron chi connectivity index (χ1n) is 7.46. The van der Waals surface area contributed by atoms with E-state index in [4.69, 9.17) is 0 Å². The van der Waals surface area contributed by atoms with Crippen molar-refractivity contribution in [3.63, 3.8) is 0 Å². The standard InChI is InChI=1S/C18H16BrFN2O/c19-15-2-5-17(20)14(11-15)1-6-18(23)22(16-3-4-16)12-13-7-9-21-10-8-13/h1-2,5-11,16H,3-4,12H2/b6-1+. The number of rotatable bonds is 5. The fourth-order valence-electron chi connectivity index (χ4n) is 2.36.